The van der Waals surface area contributed by atoms with Crippen molar-refractivity contribution in [1.82, 2.24) is 10.2 Å². The highest BCUT2D eigenvalue weighted by Gasteiger charge is 2.42. The van der Waals surface area contributed by atoms with Crippen LogP contribution in [0, 0.1) is 27.2 Å². The van der Waals surface area contributed by atoms with Crippen LogP contribution in [0.4, 0.5) is 11.4 Å². The number of nitro benzene ring substituents is 2. The minimum Gasteiger partial charge on any atom is -0.744 e. The normalized spacial score (nSPS) is 16.5. The molecule has 5 aromatic rings. The number of aromatic carboxylic acids is 1. The quantitative estimate of drug-likeness (QED) is 0.0482. The van der Waals surface area contributed by atoms with E-state index in [4.69, 9.17) is 33.9 Å². The van der Waals surface area contributed by atoms with Gasteiger partial charge in [-0.3, -0.25) is 29.8 Å². The average molecular weight is 1050 g/mol. The Hall–Kier alpha value is -8.23. The van der Waals surface area contributed by atoms with Gasteiger partial charge in [0.05, 0.1) is 67.5 Å². The third-order valence-electron chi connectivity index (χ3n) is 10.8. The number of aryl methyl sites for hydroxylation is 1. The summed E-state index contributed by atoms with van der Waals surface area (Å²) in [5.74, 6) is -2.73. The molecule has 1 amide bonds. The van der Waals surface area contributed by atoms with Crippen molar-refractivity contribution in [2.45, 2.75) is 62.2 Å². The minimum atomic E-state index is -4.27. The molecule has 0 saturated carbocycles. The van der Waals surface area contributed by atoms with Gasteiger partial charge < -0.3 is 58.5 Å². The van der Waals surface area contributed by atoms with Crippen molar-refractivity contribution in [3.05, 3.63) is 157 Å². The lowest BCUT2D eigenvalue weighted by Gasteiger charge is -2.22. The number of rotatable bonds is 15. The largest absolute Gasteiger partial charge is 0.744 e. The molecule has 2 heterocycles. The number of ether oxygens (including phenoxy) is 6. The highest BCUT2D eigenvalue weighted by atomic mass is 32.2. The van der Waals surface area contributed by atoms with Gasteiger partial charge in [0.25, 0.3) is 17.3 Å². The molecule has 74 heavy (non-hydrogen) atoms. The van der Waals surface area contributed by atoms with Gasteiger partial charge in [0.15, 0.2) is 23.0 Å². The third kappa shape index (κ3) is 16.7. The van der Waals surface area contributed by atoms with Crippen LogP contribution in [-0.4, -0.2) is 133 Å². The monoisotopic (exact) mass is 1050 g/mol. The summed E-state index contributed by atoms with van der Waals surface area (Å²) in [6, 6.07) is 27.3. The summed E-state index contributed by atoms with van der Waals surface area (Å²) < 4.78 is 61.9. The highest BCUT2D eigenvalue weighted by molar-refractivity contribution is 7.85. The van der Waals surface area contributed by atoms with Gasteiger partial charge in [0.2, 0.25) is 0 Å². The fraction of sp³-hybridized carbons (Fsp3) is 0.306. The van der Waals surface area contributed by atoms with E-state index in [-0.39, 0.29) is 71.6 Å². The molecule has 2 aliphatic rings. The number of nitro groups is 2. The van der Waals surface area contributed by atoms with Crippen LogP contribution in [0.2, 0.25) is 0 Å². The first-order chi connectivity index (χ1) is 35.1. The molecule has 24 nitrogen and oxygen atoms in total. The van der Waals surface area contributed by atoms with Gasteiger partial charge in [0, 0.05) is 38.1 Å². The maximum absolute atomic E-state index is 13.1. The van der Waals surface area contributed by atoms with Crippen LogP contribution in [-0.2, 0) is 42.4 Å². The summed E-state index contributed by atoms with van der Waals surface area (Å²) in [6.07, 6.45) is -0.888. The van der Waals surface area contributed by atoms with Crippen LogP contribution < -0.4 is 24.3 Å². The first-order valence-electron chi connectivity index (χ1n) is 22.0. The average Bonchev–Trinajstić information content (AvgIpc) is 4.02. The van der Waals surface area contributed by atoms with Crippen LogP contribution in [0.3, 0.4) is 0 Å². The number of methoxy groups -OCH3 is 4. The number of carbonyl (C=O) groups is 4. The van der Waals surface area contributed by atoms with Crippen molar-refractivity contribution < 1.29 is 85.7 Å². The smallest absolute Gasteiger partial charge is 0.342 e. The number of carboxylic acids is 1. The maximum Gasteiger partial charge on any atom is 0.342 e. The summed E-state index contributed by atoms with van der Waals surface area (Å²) in [4.78, 5) is 69.1. The summed E-state index contributed by atoms with van der Waals surface area (Å²) >= 11 is 0. The molecule has 0 aromatic heterocycles. The van der Waals surface area contributed by atoms with Crippen molar-refractivity contribution in [1.29, 1.82) is 0 Å². The molecule has 5 aromatic carbocycles. The zero-order chi connectivity index (χ0) is 54.7. The molecule has 4 atom stereocenters. The zero-order valence-corrected chi connectivity index (χ0v) is 41.3. The number of carboxylic acid groups (broad SMARTS) is 1. The lowest BCUT2D eigenvalue weighted by molar-refractivity contribution is -0.385. The van der Waals surface area contributed by atoms with Crippen LogP contribution >= 0.6 is 0 Å². The second kappa shape index (κ2) is 27.6. The van der Waals surface area contributed by atoms with Gasteiger partial charge in [-0.1, -0.05) is 78.4 Å². The molecule has 0 radical (unpaired) electrons. The second-order valence-electron chi connectivity index (χ2n) is 15.9. The SMILES string of the molecule is COC(=O)[C@@H]1C[C@@H](O)CN1.COC(=O)[C@@H]1C[C@@H](O)CN1C(=O)c1cc(OC)c(OCc2ccccc2)cc1[N+](=O)[O-].COc1cc(C(=O)O)c([N+](=O)[O-])cc1OCc1ccccc1.Cc1ccc(S(=O)(=O)[O-])cc1. The fourth-order valence-electron chi connectivity index (χ4n) is 7.05. The molecule has 0 unspecified atom stereocenters. The number of hydrogen-bond acceptors (Lipinski definition) is 20. The predicted octanol–water partition coefficient (Wildman–Crippen LogP) is 4.59. The molecule has 4 N–H and O–H groups in total. The van der Waals surface area contributed by atoms with Crippen molar-refractivity contribution >= 4 is 45.3 Å². The van der Waals surface area contributed by atoms with E-state index in [9.17, 15) is 57.5 Å². The van der Waals surface area contributed by atoms with Crippen LogP contribution in [0.25, 0.3) is 0 Å². The van der Waals surface area contributed by atoms with Gasteiger partial charge in [-0.2, -0.15) is 0 Å². The zero-order valence-electron chi connectivity index (χ0n) is 40.5. The maximum atomic E-state index is 13.1. The van der Waals surface area contributed by atoms with Crippen LogP contribution in [0.1, 0.15) is 50.2 Å². The molecule has 0 aliphatic carbocycles. The number of aliphatic hydroxyl groups excluding tert-OH is 2. The van der Waals surface area contributed by atoms with E-state index in [1.165, 1.54) is 46.6 Å². The molecule has 2 saturated heterocycles. The molecule has 7 rings (SSSR count). The van der Waals surface area contributed by atoms with Crippen LogP contribution in [0.5, 0.6) is 23.0 Å². The number of benzene rings is 5. The Bertz CT molecular complexity index is 2850. The van der Waals surface area contributed by atoms with Gasteiger partial charge in [-0.05, 0) is 30.2 Å². The summed E-state index contributed by atoms with van der Waals surface area (Å²) in [7, 11) is 0.923. The number of hydrogen-bond donors (Lipinski definition) is 4. The van der Waals surface area contributed by atoms with E-state index in [2.05, 4.69) is 10.1 Å². The first kappa shape index (κ1) is 58.3. The number of β-amino-alcohol motifs (C(OH)–C–C–N with tert-alkyl or cyclic N) is 2. The molecule has 2 fully saturated rings. The minimum absolute atomic E-state index is 0.0123. The Morgan fingerprint density at radius 1 is 0.676 bits per heavy atom. The van der Waals surface area contributed by atoms with E-state index in [1.54, 1.807) is 12.1 Å². The number of nitrogens with one attached hydrogen (secondary N) is 1. The number of nitrogens with zero attached hydrogens (tertiary/aromatic N) is 3. The Kier molecular flexibility index (Phi) is 21.7. The Labute approximate surface area is 424 Å². The van der Waals surface area contributed by atoms with E-state index in [1.807, 2.05) is 67.6 Å². The Morgan fingerprint density at radius 2 is 1.15 bits per heavy atom. The lowest BCUT2D eigenvalue weighted by Crippen LogP contribution is -2.41. The van der Waals surface area contributed by atoms with E-state index < -0.39 is 73.0 Å². The molecule has 0 spiro atoms. The topological polar surface area (TPSA) is 343 Å². The standard InChI is InChI=1S/C21H22N2O8.C15H13NO6.C7H8O3S.C6H11NO3/c1-29-18-9-15(20(25)22-11-14(24)8-17(22)21(26)30-2)16(23(27)28)10-19(18)31-12-13-6-4-3-5-7-13;1-21-13-7-11(15(17)18)12(16(19)20)8-14(13)22-9-10-5-3-2-4-6-10;1-6-2-4-7(5-3-6)11(8,9)10;1-10-6(9)5-2-4(8)3-7-5/h3-7,9-10,14,17,24H,8,11-12H2,1-2H3;2-8H,9H2,1H3,(H,17,18);2-5H,1H3,(H,8,9,10);4-5,7-8H,2-3H2,1H3/p-1/t14-,17+;;;4-,5+/m1..1/s1. The van der Waals surface area contributed by atoms with Crippen molar-refractivity contribution in [3.8, 4) is 23.0 Å². The number of carbonyl (C=O) groups excluding carboxylic acids is 3. The van der Waals surface area contributed by atoms with Gasteiger partial charge in [-0.15, -0.1) is 0 Å². The summed E-state index contributed by atoms with van der Waals surface area (Å²) in [5.41, 5.74) is 0.868. The Balaban J connectivity index is 0.000000237. The molecule has 0 bridgehead atoms. The predicted molar refractivity (Wildman–Crippen MR) is 259 cm³/mol. The molecule has 396 valence electrons. The van der Waals surface area contributed by atoms with Crippen molar-refractivity contribution in [2.24, 2.45) is 0 Å². The van der Waals surface area contributed by atoms with Crippen molar-refractivity contribution in [3.63, 3.8) is 0 Å². The number of amides is 1. The summed E-state index contributed by atoms with van der Waals surface area (Å²) in [6.45, 7) is 2.48. The number of aliphatic hydroxyl groups is 2. The number of likely N-dealkylation sites (tertiary alicyclic amines) is 1. The Morgan fingerprint density at radius 3 is 1.55 bits per heavy atom. The molecule has 2 aliphatic heterocycles. The van der Waals surface area contributed by atoms with Gasteiger partial charge in [0.1, 0.15) is 46.5 Å². The molecular weight excluding hydrogens is 997 g/mol. The van der Waals surface area contributed by atoms with Gasteiger partial charge >= 0.3 is 17.9 Å². The van der Waals surface area contributed by atoms with E-state index in [0.717, 1.165) is 39.8 Å². The number of esters is 2. The second-order valence-corrected chi connectivity index (χ2v) is 17.3. The lowest BCUT2D eigenvalue weighted by atomic mass is 10.1. The first-order valence-corrected chi connectivity index (χ1v) is 23.4. The van der Waals surface area contributed by atoms with Crippen molar-refractivity contribution in [2.75, 3.05) is 41.5 Å². The highest BCUT2D eigenvalue weighted by Crippen LogP contribution is 2.38. The summed E-state index contributed by atoms with van der Waals surface area (Å²) in [5, 5.41) is 53.5. The van der Waals surface area contributed by atoms with E-state index >= 15 is 0 Å². The van der Waals surface area contributed by atoms with Gasteiger partial charge in [-0.25, -0.2) is 18.0 Å². The third-order valence-corrected chi connectivity index (χ3v) is 11.7. The van der Waals surface area contributed by atoms with E-state index in [0.29, 0.717) is 13.0 Å². The van der Waals surface area contributed by atoms with Crippen LogP contribution in [0.15, 0.2) is 114 Å². The molecule has 25 heteroatoms. The fourth-order valence-corrected chi connectivity index (χ4v) is 7.52. The molecular formula is C49H53N4O20S-.